The molecule has 3 heteroatoms. The molecule has 0 aliphatic carbocycles. The second-order valence-corrected chi connectivity index (χ2v) is 4.33. The first-order chi connectivity index (χ1) is 7.70. The molecule has 0 spiro atoms. The molecule has 0 bridgehead atoms. The minimum Gasteiger partial charge on any atom is -0.466 e. The Bertz CT molecular complexity index is 171. The number of unbranched alkanes of at least 4 members (excludes halogenated alkanes) is 2. The van der Waals surface area contributed by atoms with Gasteiger partial charge in [0.1, 0.15) is 0 Å². The highest BCUT2D eigenvalue weighted by atomic mass is 16.5. The lowest BCUT2D eigenvalue weighted by Gasteiger charge is -2.09. The zero-order valence-corrected chi connectivity index (χ0v) is 11.1. The minimum absolute atomic E-state index is 0.0601. The number of carbonyl (C=O) groups is 1. The molecule has 1 N–H and O–H groups in total. The Kier molecular flexibility index (Phi) is 10.5. The van der Waals surface area contributed by atoms with Gasteiger partial charge in [0.2, 0.25) is 0 Å². The number of ether oxygens (including phenoxy) is 1. The Morgan fingerprint density at radius 1 is 1.25 bits per heavy atom. The van der Waals surface area contributed by atoms with Crippen LogP contribution in [0.2, 0.25) is 0 Å². The number of hydrogen-bond acceptors (Lipinski definition) is 3. The molecule has 0 saturated heterocycles. The molecule has 16 heavy (non-hydrogen) atoms. The maximum absolute atomic E-state index is 11.0. The molecule has 0 heterocycles. The summed E-state index contributed by atoms with van der Waals surface area (Å²) >= 11 is 0. The van der Waals surface area contributed by atoms with Crippen LogP contribution in [0.5, 0.6) is 0 Å². The minimum atomic E-state index is -0.0601. The van der Waals surface area contributed by atoms with E-state index in [1.165, 1.54) is 6.42 Å². The van der Waals surface area contributed by atoms with Crippen LogP contribution in [0.4, 0.5) is 0 Å². The van der Waals surface area contributed by atoms with Crippen LogP contribution < -0.4 is 5.32 Å². The first-order valence-corrected chi connectivity index (χ1v) is 6.57. The van der Waals surface area contributed by atoms with Gasteiger partial charge in [0.25, 0.3) is 0 Å². The predicted molar refractivity (Wildman–Crippen MR) is 67.4 cm³/mol. The lowest BCUT2D eigenvalue weighted by molar-refractivity contribution is -0.143. The SMILES string of the molecule is CCOC(=O)CCCCCNCC(C)CC. The van der Waals surface area contributed by atoms with Gasteiger partial charge in [0.15, 0.2) is 0 Å². The second-order valence-electron chi connectivity index (χ2n) is 4.33. The molecule has 0 aliphatic heterocycles. The summed E-state index contributed by atoms with van der Waals surface area (Å²) in [6.07, 6.45) is 5.00. The third-order valence-electron chi connectivity index (χ3n) is 2.73. The molecular formula is C13H27NO2. The molecule has 0 rings (SSSR count). The van der Waals surface area contributed by atoms with Gasteiger partial charge in [0.05, 0.1) is 6.61 Å². The molecule has 0 aromatic rings. The summed E-state index contributed by atoms with van der Waals surface area (Å²) in [5, 5.41) is 3.43. The molecule has 0 aromatic heterocycles. The summed E-state index contributed by atoms with van der Waals surface area (Å²) in [5.74, 6) is 0.703. The fourth-order valence-electron chi connectivity index (χ4n) is 1.42. The predicted octanol–water partition coefficient (Wildman–Crippen LogP) is 2.75. The standard InChI is InChI=1S/C13H27NO2/c1-4-12(3)11-14-10-8-6-7-9-13(15)16-5-2/h12,14H,4-11H2,1-3H3. The zero-order valence-electron chi connectivity index (χ0n) is 11.1. The third kappa shape index (κ3) is 9.97. The Morgan fingerprint density at radius 3 is 2.62 bits per heavy atom. The van der Waals surface area contributed by atoms with Crippen molar-refractivity contribution in [3.8, 4) is 0 Å². The number of hydrogen-bond donors (Lipinski definition) is 1. The number of rotatable bonds is 10. The first kappa shape index (κ1) is 15.4. The molecule has 0 saturated carbocycles. The first-order valence-electron chi connectivity index (χ1n) is 6.57. The molecule has 0 aliphatic rings. The van der Waals surface area contributed by atoms with Gasteiger partial charge in [-0.15, -0.1) is 0 Å². The topological polar surface area (TPSA) is 38.3 Å². The van der Waals surface area contributed by atoms with Crippen LogP contribution in [-0.4, -0.2) is 25.7 Å². The van der Waals surface area contributed by atoms with Crippen LogP contribution in [0.25, 0.3) is 0 Å². The second kappa shape index (κ2) is 10.9. The monoisotopic (exact) mass is 229 g/mol. The lowest BCUT2D eigenvalue weighted by atomic mass is 10.1. The van der Waals surface area contributed by atoms with E-state index in [4.69, 9.17) is 4.74 Å². The maximum atomic E-state index is 11.0. The van der Waals surface area contributed by atoms with E-state index in [1.807, 2.05) is 6.92 Å². The van der Waals surface area contributed by atoms with Crippen LogP contribution in [0.3, 0.4) is 0 Å². The van der Waals surface area contributed by atoms with E-state index in [9.17, 15) is 4.79 Å². The van der Waals surface area contributed by atoms with Crippen molar-refractivity contribution in [2.24, 2.45) is 5.92 Å². The molecule has 0 radical (unpaired) electrons. The highest BCUT2D eigenvalue weighted by molar-refractivity contribution is 5.69. The summed E-state index contributed by atoms with van der Waals surface area (Å²) in [5.41, 5.74) is 0. The van der Waals surface area contributed by atoms with E-state index in [0.717, 1.165) is 38.3 Å². The highest BCUT2D eigenvalue weighted by Crippen LogP contribution is 2.01. The molecule has 3 nitrogen and oxygen atoms in total. The fourth-order valence-corrected chi connectivity index (χ4v) is 1.42. The summed E-state index contributed by atoms with van der Waals surface area (Å²) in [6.45, 7) is 8.98. The molecule has 96 valence electrons. The van der Waals surface area contributed by atoms with Gasteiger partial charge in [-0.05, 0) is 38.8 Å². The van der Waals surface area contributed by atoms with E-state index in [-0.39, 0.29) is 5.97 Å². The quantitative estimate of drug-likeness (QED) is 0.462. The van der Waals surface area contributed by atoms with Crippen LogP contribution in [0.1, 0.15) is 52.9 Å². The van der Waals surface area contributed by atoms with Crippen molar-refractivity contribution in [3.63, 3.8) is 0 Å². The van der Waals surface area contributed by atoms with Crippen molar-refractivity contribution in [1.29, 1.82) is 0 Å². The van der Waals surface area contributed by atoms with Gasteiger partial charge in [-0.1, -0.05) is 26.7 Å². The van der Waals surface area contributed by atoms with Crippen LogP contribution in [-0.2, 0) is 9.53 Å². The number of nitrogens with one attached hydrogen (secondary N) is 1. The van der Waals surface area contributed by atoms with Crippen molar-refractivity contribution in [1.82, 2.24) is 5.32 Å². The van der Waals surface area contributed by atoms with E-state index >= 15 is 0 Å². The van der Waals surface area contributed by atoms with Crippen molar-refractivity contribution < 1.29 is 9.53 Å². The van der Waals surface area contributed by atoms with E-state index in [2.05, 4.69) is 19.2 Å². The Labute approximate surface area is 99.9 Å². The Morgan fingerprint density at radius 2 is 2.00 bits per heavy atom. The van der Waals surface area contributed by atoms with Crippen molar-refractivity contribution in [2.75, 3.05) is 19.7 Å². The largest absolute Gasteiger partial charge is 0.466 e. The Balaban J connectivity index is 3.12. The fraction of sp³-hybridized carbons (Fsp3) is 0.923. The lowest BCUT2D eigenvalue weighted by Crippen LogP contribution is -2.21. The number of esters is 1. The van der Waals surface area contributed by atoms with Crippen LogP contribution in [0, 0.1) is 5.92 Å². The zero-order chi connectivity index (χ0) is 12.2. The Hall–Kier alpha value is -0.570. The molecule has 0 fully saturated rings. The summed E-state index contributed by atoms with van der Waals surface area (Å²) in [6, 6.07) is 0. The number of carbonyl (C=O) groups excluding carboxylic acids is 1. The molecule has 1 atom stereocenters. The van der Waals surface area contributed by atoms with Gasteiger partial charge in [-0.2, -0.15) is 0 Å². The van der Waals surface area contributed by atoms with Crippen molar-refractivity contribution >= 4 is 5.97 Å². The molecular weight excluding hydrogens is 202 g/mol. The van der Waals surface area contributed by atoms with Crippen molar-refractivity contribution in [3.05, 3.63) is 0 Å². The van der Waals surface area contributed by atoms with Crippen LogP contribution in [0.15, 0.2) is 0 Å². The van der Waals surface area contributed by atoms with Crippen LogP contribution >= 0.6 is 0 Å². The summed E-state index contributed by atoms with van der Waals surface area (Å²) < 4.78 is 4.86. The van der Waals surface area contributed by atoms with E-state index < -0.39 is 0 Å². The molecule has 0 amide bonds. The van der Waals surface area contributed by atoms with Gasteiger partial charge >= 0.3 is 5.97 Å². The van der Waals surface area contributed by atoms with Crippen molar-refractivity contribution in [2.45, 2.75) is 52.9 Å². The smallest absolute Gasteiger partial charge is 0.305 e. The average Bonchev–Trinajstić information content (AvgIpc) is 2.27. The normalized spacial score (nSPS) is 12.4. The van der Waals surface area contributed by atoms with E-state index in [1.54, 1.807) is 0 Å². The van der Waals surface area contributed by atoms with Gasteiger partial charge in [0, 0.05) is 6.42 Å². The maximum Gasteiger partial charge on any atom is 0.305 e. The third-order valence-corrected chi connectivity index (χ3v) is 2.73. The van der Waals surface area contributed by atoms with Gasteiger partial charge in [-0.3, -0.25) is 4.79 Å². The summed E-state index contributed by atoms with van der Waals surface area (Å²) in [4.78, 5) is 11.0. The highest BCUT2D eigenvalue weighted by Gasteiger charge is 2.01. The molecule has 1 unspecified atom stereocenters. The average molecular weight is 229 g/mol. The van der Waals surface area contributed by atoms with E-state index in [0.29, 0.717) is 13.0 Å². The summed E-state index contributed by atoms with van der Waals surface area (Å²) in [7, 11) is 0. The van der Waals surface area contributed by atoms with Gasteiger partial charge in [-0.25, -0.2) is 0 Å². The van der Waals surface area contributed by atoms with Gasteiger partial charge < -0.3 is 10.1 Å². The molecule has 0 aromatic carbocycles.